The van der Waals surface area contributed by atoms with Crippen LogP contribution in [0.15, 0.2) is 29.2 Å². The van der Waals surface area contributed by atoms with E-state index in [0.29, 0.717) is 12.2 Å². The molecule has 1 heterocycles. The van der Waals surface area contributed by atoms with Crippen LogP contribution >= 0.6 is 0 Å². The Bertz CT molecular complexity index is 527. The van der Waals surface area contributed by atoms with Gasteiger partial charge in [0.05, 0.1) is 18.1 Å². The summed E-state index contributed by atoms with van der Waals surface area (Å²) in [5.41, 5.74) is 6.04. The molecule has 0 amide bonds. The van der Waals surface area contributed by atoms with Crippen LogP contribution in [0, 0.1) is 0 Å². The van der Waals surface area contributed by atoms with Gasteiger partial charge >= 0.3 is 0 Å². The number of ether oxygens (including phenoxy) is 1. The van der Waals surface area contributed by atoms with Crippen LogP contribution in [0.3, 0.4) is 0 Å². The summed E-state index contributed by atoms with van der Waals surface area (Å²) in [6.07, 6.45) is 0.779. The van der Waals surface area contributed by atoms with E-state index in [-0.39, 0.29) is 4.90 Å². The van der Waals surface area contributed by atoms with E-state index in [1.807, 2.05) is 0 Å². The maximum Gasteiger partial charge on any atom is 0.240 e. The van der Waals surface area contributed by atoms with E-state index < -0.39 is 10.0 Å². The van der Waals surface area contributed by atoms with Gasteiger partial charge in [-0.1, -0.05) is 6.07 Å². The van der Waals surface area contributed by atoms with Crippen LogP contribution in [0.1, 0.15) is 6.42 Å². The molecule has 1 aliphatic rings. The van der Waals surface area contributed by atoms with Crippen molar-refractivity contribution >= 4 is 15.7 Å². The molecule has 3 N–H and O–H groups in total. The zero-order valence-corrected chi connectivity index (χ0v) is 12.2. The molecule has 0 aliphatic carbocycles. The quantitative estimate of drug-likeness (QED) is 0.582. The molecule has 112 valence electrons. The highest BCUT2D eigenvalue weighted by molar-refractivity contribution is 7.89. The fraction of sp³-hybridized carbons (Fsp3) is 0.538. The molecule has 1 saturated heterocycles. The first-order valence-electron chi connectivity index (χ1n) is 6.73. The third kappa shape index (κ3) is 4.45. The lowest BCUT2D eigenvalue weighted by Gasteiger charge is -2.26. The molecule has 2 rings (SSSR count). The SMILES string of the molecule is Nc1cccc(S(=O)(=O)NCCCN2CCOCC2)c1. The molecule has 1 aliphatic heterocycles. The van der Waals surface area contributed by atoms with Crippen molar-refractivity contribution in [3.63, 3.8) is 0 Å². The second-order valence-electron chi connectivity index (χ2n) is 4.78. The van der Waals surface area contributed by atoms with Crippen LogP contribution in [0.5, 0.6) is 0 Å². The normalized spacial score (nSPS) is 17.2. The summed E-state index contributed by atoms with van der Waals surface area (Å²) >= 11 is 0. The first kappa shape index (κ1) is 15.2. The zero-order valence-electron chi connectivity index (χ0n) is 11.4. The third-order valence-corrected chi connectivity index (χ3v) is 4.67. The lowest BCUT2D eigenvalue weighted by molar-refractivity contribution is 0.0376. The van der Waals surface area contributed by atoms with Crippen molar-refractivity contribution in [3.8, 4) is 0 Å². The number of morpholine rings is 1. The minimum absolute atomic E-state index is 0.212. The lowest BCUT2D eigenvalue weighted by Crippen LogP contribution is -2.38. The van der Waals surface area contributed by atoms with E-state index in [2.05, 4.69) is 9.62 Å². The van der Waals surface area contributed by atoms with Gasteiger partial charge in [0.2, 0.25) is 10.0 Å². The van der Waals surface area contributed by atoms with Crippen LogP contribution in [0.2, 0.25) is 0 Å². The standard InChI is InChI=1S/C13H21N3O3S/c14-12-3-1-4-13(11-12)20(17,18)15-5-2-6-16-7-9-19-10-8-16/h1,3-4,11,15H,2,5-10,14H2. The van der Waals surface area contributed by atoms with Crippen molar-refractivity contribution in [2.75, 3.05) is 45.1 Å². The van der Waals surface area contributed by atoms with E-state index in [9.17, 15) is 8.42 Å². The smallest absolute Gasteiger partial charge is 0.240 e. The Balaban J connectivity index is 1.78. The Morgan fingerprint density at radius 2 is 2.05 bits per heavy atom. The molecule has 1 aromatic rings. The molecule has 0 radical (unpaired) electrons. The van der Waals surface area contributed by atoms with Gasteiger partial charge in [0.25, 0.3) is 0 Å². The Hall–Kier alpha value is -1.15. The minimum Gasteiger partial charge on any atom is -0.399 e. The third-order valence-electron chi connectivity index (χ3n) is 3.22. The van der Waals surface area contributed by atoms with Gasteiger partial charge < -0.3 is 10.5 Å². The zero-order chi connectivity index (χ0) is 14.4. The van der Waals surface area contributed by atoms with Gasteiger partial charge in [-0.2, -0.15) is 0 Å². The number of benzene rings is 1. The predicted molar refractivity (Wildman–Crippen MR) is 77.9 cm³/mol. The van der Waals surface area contributed by atoms with Gasteiger partial charge in [0, 0.05) is 25.3 Å². The van der Waals surface area contributed by atoms with Crippen molar-refractivity contribution in [1.82, 2.24) is 9.62 Å². The molecule has 1 aromatic carbocycles. The Morgan fingerprint density at radius 3 is 2.75 bits per heavy atom. The summed E-state index contributed by atoms with van der Waals surface area (Å²) < 4.78 is 31.9. The van der Waals surface area contributed by atoms with Gasteiger partial charge in [-0.15, -0.1) is 0 Å². The summed E-state index contributed by atoms with van der Waals surface area (Å²) in [4.78, 5) is 2.49. The Labute approximate surface area is 120 Å². The molecule has 0 spiro atoms. The number of anilines is 1. The molecular formula is C13H21N3O3S. The van der Waals surface area contributed by atoms with Crippen molar-refractivity contribution in [2.24, 2.45) is 0 Å². The van der Waals surface area contributed by atoms with E-state index in [0.717, 1.165) is 39.3 Å². The molecule has 1 fully saturated rings. The first-order valence-corrected chi connectivity index (χ1v) is 8.21. The highest BCUT2D eigenvalue weighted by Crippen LogP contribution is 2.12. The van der Waals surface area contributed by atoms with E-state index in [1.165, 1.54) is 6.07 Å². The first-order chi connectivity index (χ1) is 9.58. The number of rotatable bonds is 6. The molecule has 0 atom stereocenters. The summed E-state index contributed by atoms with van der Waals surface area (Å²) in [6, 6.07) is 6.31. The van der Waals surface area contributed by atoms with Crippen molar-refractivity contribution in [3.05, 3.63) is 24.3 Å². The number of nitrogens with one attached hydrogen (secondary N) is 1. The van der Waals surface area contributed by atoms with Gasteiger partial charge in [0.1, 0.15) is 0 Å². The van der Waals surface area contributed by atoms with Gasteiger partial charge in [-0.25, -0.2) is 13.1 Å². The molecular weight excluding hydrogens is 278 g/mol. The van der Waals surface area contributed by atoms with Crippen molar-refractivity contribution in [1.29, 1.82) is 0 Å². The second-order valence-corrected chi connectivity index (χ2v) is 6.54. The summed E-state index contributed by atoms with van der Waals surface area (Å²) in [7, 11) is -3.46. The lowest BCUT2D eigenvalue weighted by atomic mass is 10.3. The van der Waals surface area contributed by atoms with Crippen LogP contribution in [0.25, 0.3) is 0 Å². The fourth-order valence-electron chi connectivity index (χ4n) is 2.10. The molecule has 7 heteroatoms. The van der Waals surface area contributed by atoms with E-state index >= 15 is 0 Å². The van der Waals surface area contributed by atoms with E-state index in [1.54, 1.807) is 18.2 Å². The molecule has 0 bridgehead atoms. The number of nitrogen functional groups attached to an aromatic ring is 1. The molecule has 6 nitrogen and oxygen atoms in total. The number of hydrogen-bond donors (Lipinski definition) is 2. The van der Waals surface area contributed by atoms with Gasteiger partial charge in [-0.3, -0.25) is 4.90 Å². The minimum atomic E-state index is -3.46. The van der Waals surface area contributed by atoms with Crippen LogP contribution < -0.4 is 10.5 Å². The van der Waals surface area contributed by atoms with Crippen molar-refractivity contribution in [2.45, 2.75) is 11.3 Å². The Morgan fingerprint density at radius 1 is 1.30 bits per heavy atom. The Kier molecular flexibility index (Phi) is 5.36. The second kappa shape index (κ2) is 7.03. The maximum absolute atomic E-state index is 12.0. The number of hydrogen-bond acceptors (Lipinski definition) is 5. The van der Waals surface area contributed by atoms with E-state index in [4.69, 9.17) is 10.5 Å². The highest BCUT2D eigenvalue weighted by Gasteiger charge is 2.14. The summed E-state index contributed by atoms with van der Waals surface area (Å²) in [5, 5.41) is 0. The molecule has 0 aromatic heterocycles. The maximum atomic E-state index is 12.0. The average Bonchev–Trinajstić information content (AvgIpc) is 2.45. The predicted octanol–water partition coefficient (Wildman–Crippen LogP) is 0.269. The van der Waals surface area contributed by atoms with Crippen LogP contribution in [-0.4, -0.2) is 52.7 Å². The number of nitrogens with two attached hydrogens (primary N) is 1. The van der Waals surface area contributed by atoms with Crippen molar-refractivity contribution < 1.29 is 13.2 Å². The number of sulfonamides is 1. The summed E-state index contributed by atoms with van der Waals surface area (Å²) in [6.45, 7) is 4.66. The number of nitrogens with zero attached hydrogens (tertiary/aromatic N) is 1. The summed E-state index contributed by atoms with van der Waals surface area (Å²) in [5.74, 6) is 0. The molecule has 0 unspecified atom stereocenters. The van der Waals surface area contributed by atoms with Gasteiger partial charge in [0.15, 0.2) is 0 Å². The average molecular weight is 299 g/mol. The van der Waals surface area contributed by atoms with Gasteiger partial charge in [-0.05, 0) is 31.2 Å². The van der Waals surface area contributed by atoms with Crippen LogP contribution in [-0.2, 0) is 14.8 Å². The monoisotopic (exact) mass is 299 g/mol. The van der Waals surface area contributed by atoms with Crippen LogP contribution in [0.4, 0.5) is 5.69 Å². The topological polar surface area (TPSA) is 84.7 Å². The highest BCUT2D eigenvalue weighted by atomic mass is 32.2. The largest absolute Gasteiger partial charge is 0.399 e. The molecule has 20 heavy (non-hydrogen) atoms. The molecule has 0 saturated carbocycles. The fourth-order valence-corrected chi connectivity index (χ4v) is 3.23.